The van der Waals surface area contributed by atoms with E-state index < -0.39 is 5.97 Å². The van der Waals surface area contributed by atoms with Crippen LogP contribution in [-0.2, 0) is 6.54 Å². The first-order valence-electron chi connectivity index (χ1n) is 4.58. The number of rotatable bonds is 3. The van der Waals surface area contributed by atoms with Crippen molar-refractivity contribution in [2.24, 2.45) is 0 Å². The third-order valence-electron chi connectivity index (χ3n) is 2.14. The standard InChI is InChI=1S/C11H8N2O3/c12-6-8-2-1-5-13(8)7-9-3-4-10(16-9)11(14)15/h1-5H,7H2,(H,14,15). The zero-order chi connectivity index (χ0) is 11.5. The molecule has 0 spiro atoms. The van der Waals surface area contributed by atoms with Crippen LogP contribution in [0.2, 0.25) is 0 Å². The summed E-state index contributed by atoms with van der Waals surface area (Å²) in [5.41, 5.74) is 0.508. The van der Waals surface area contributed by atoms with Crippen molar-refractivity contribution in [1.82, 2.24) is 4.57 Å². The van der Waals surface area contributed by atoms with E-state index in [0.29, 0.717) is 18.0 Å². The van der Waals surface area contributed by atoms with Crippen molar-refractivity contribution in [3.05, 3.63) is 47.7 Å². The molecule has 1 N–H and O–H groups in total. The summed E-state index contributed by atoms with van der Waals surface area (Å²) in [7, 11) is 0. The highest BCUT2D eigenvalue weighted by Gasteiger charge is 2.09. The smallest absolute Gasteiger partial charge is 0.371 e. The lowest BCUT2D eigenvalue weighted by atomic mass is 10.4. The van der Waals surface area contributed by atoms with E-state index in [9.17, 15) is 4.79 Å². The second-order valence-corrected chi connectivity index (χ2v) is 3.20. The molecule has 0 bridgehead atoms. The van der Waals surface area contributed by atoms with Gasteiger partial charge < -0.3 is 14.1 Å². The summed E-state index contributed by atoms with van der Waals surface area (Å²) < 4.78 is 6.77. The molecule has 0 atom stereocenters. The predicted molar refractivity (Wildman–Crippen MR) is 53.9 cm³/mol. The third-order valence-corrected chi connectivity index (χ3v) is 2.14. The molecule has 2 aromatic heterocycles. The molecule has 2 aromatic rings. The normalized spacial score (nSPS) is 9.94. The molecular formula is C11H8N2O3. The van der Waals surface area contributed by atoms with Gasteiger partial charge in [-0.25, -0.2) is 4.79 Å². The van der Waals surface area contributed by atoms with E-state index in [0.717, 1.165) is 0 Å². The summed E-state index contributed by atoms with van der Waals surface area (Å²) in [5, 5.41) is 17.5. The lowest BCUT2D eigenvalue weighted by molar-refractivity contribution is 0.0660. The second-order valence-electron chi connectivity index (χ2n) is 3.20. The van der Waals surface area contributed by atoms with E-state index >= 15 is 0 Å². The van der Waals surface area contributed by atoms with E-state index in [4.69, 9.17) is 14.8 Å². The average Bonchev–Trinajstić information content (AvgIpc) is 2.87. The van der Waals surface area contributed by atoms with E-state index in [1.165, 1.54) is 6.07 Å². The molecule has 0 saturated carbocycles. The third kappa shape index (κ3) is 1.81. The fourth-order valence-corrected chi connectivity index (χ4v) is 1.40. The fraction of sp³-hybridized carbons (Fsp3) is 0.0909. The van der Waals surface area contributed by atoms with Gasteiger partial charge in [0.05, 0.1) is 6.54 Å². The van der Waals surface area contributed by atoms with Gasteiger partial charge in [0.25, 0.3) is 0 Å². The van der Waals surface area contributed by atoms with E-state index in [1.807, 2.05) is 6.07 Å². The molecule has 0 radical (unpaired) electrons. The highest BCUT2D eigenvalue weighted by Crippen LogP contribution is 2.11. The van der Waals surface area contributed by atoms with Crippen LogP contribution in [0.15, 0.2) is 34.9 Å². The average molecular weight is 216 g/mol. The molecule has 16 heavy (non-hydrogen) atoms. The number of aromatic carboxylic acids is 1. The summed E-state index contributed by atoms with van der Waals surface area (Å²) >= 11 is 0. The maximum atomic E-state index is 10.6. The van der Waals surface area contributed by atoms with Crippen molar-refractivity contribution < 1.29 is 14.3 Å². The van der Waals surface area contributed by atoms with Crippen molar-refractivity contribution in [3.8, 4) is 6.07 Å². The number of nitrogens with zero attached hydrogens (tertiary/aromatic N) is 2. The van der Waals surface area contributed by atoms with Crippen LogP contribution in [0.3, 0.4) is 0 Å². The van der Waals surface area contributed by atoms with Gasteiger partial charge in [0.2, 0.25) is 5.76 Å². The van der Waals surface area contributed by atoms with Crippen LogP contribution < -0.4 is 0 Å². The Hall–Kier alpha value is -2.48. The summed E-state index contributed by atoms with van der Waals surface area (Å²) in [5.74, 6) is -0.690. The van der Waals surface area contributed by atoms with Crippen molar-refractivity contribution in [3.63, 3.8) is 0 Å². The fourth-order valence-electron chi connectivity index (χ4n) is 1.40. The minimum Gasteiger partial charge on any atom is -0.475 e. The van der Waals surface area contributed by atoms with Gasteiger partial charge >= 0.3 is 5.97 Å². The van der Waals surface area contributed by atoms with Crippen LogP contribution in [0.25, 0.3) is 0 Å². The molecular weight excluding hydrogens is 208 g/mol. The van der Waals surface area contributed by atoms with Crippen molar-refractivity contribution in [2.75, 3.05) is 0 Å². The topological polar surface area (TPSA) is 79.2 Å². The number of carbonyl (C=O) groups is 1. The molecule has 0 amide bonds. The Balaban J connectivity index is 2.21. The summed E-state index contributed by atoms with van der Waals surface area (Å²) in [4.78, 5) is 10.6. The van der Waals surface area contributed by atoms with Gasteiger partial charge in [0.1, 0.15) is 17.5 Å². The highest BCUT2D eigenvalue weighted by molar-refractivity contribution is 5.84. The first kappa shape index (κ1) is 10.1. The number of aromatic nitrogens is 1. The van der Waals surface area contributed by atoms with E-state index in [1.54, 1.807) is 29.0 Å². The first-order valence-corrected chi connectivity index (χ1v) is 4.58. The second kappa shape index (κ2) is 3.95. The minimum absolute atomic E-state index is 0.0966. The highest BCUT2D eigenvalue weighted by atomic mass is 16.4. The lowest BCUT2D eigenvalue weighted by Gasteiger charge is -2.00. The number of nitriles is 1. The van der Waals surface area contributed by atoms with Gasteiger partial charge in [0, 0.05) is 6.20 Å². The van der Waals surface area contributed by atoms with Gasteiger partial charge in [-0.2, -0.15) is 5.26 Å². The number of hydrogen-bond acceptors (Lipinski definition) is 3. The zero-order valence-electron chi connectivity index (χ0n) is 8.25. The van der Waals surface area contributed by atoms with Gasteiger partial charge in [-0.05, 0) is 24.3 Å². The van der Waals surface area contributed by atoms with Crippen molar-refractivity contribution in [2.45, 2.75) is 6.54 Å². The van der Waals surface area contributed by atoms with E-state index in [-0.39, 0.29) is 5.76 Å². The van der Waals surface area contributed by atoms with Gasteiger partial charge in [-0.1, -0.05) is 0 Å². The molecule has 0 unspecified atom stereocenters. The Morgan fingerprint density at radius 2 is 2.31 bits per heavy atom. The molecule has 2 heterocycles. The molecule has 80 valence electrons. The number of furan rings is 1. The maximum Gasteiger partial charge on any atom is 0.371 e. The molecule has 0 aromatic carbocycles. The maximum absolute atomic E-state index is 10.6. The molecule has 0 aliphatic rings. The Morgan fingerprint density at radius 1 is 1.50 bits per heavy atom. The molecule has 0 aliphatic carbocycles. The monoisotopic (exact) mass is 216 g/mol. The molecule has 5 heteroatoms. The Bertz CT molecular complexity index is 560. The van der Waals surface area contributed by atoms with Crippen LogP contribution >= 0.6 is 0 Å². The van der Waals surface area contributed by atoms with Crippen molar-refractivity contribution in [1.29, 1.82) is 5.26 Å². The lowest BCUT2D eigenvalue weighted by Crippen LogP contribution is -1.99. The van der Waals surface area contributed by atoms with Gasteiger partial charge in [-0.3, -0.25) is 0 Å². The van der Waals surface area contributed by atoms with Gasteiger partial charge in [0.15, 0.2) is 0 Å². The first-order chi connectivity index (χ1) is 7.70. The quantitative estimate of drug-likeness (QED) is 0.846. The van der Waals surface area contributed by atoms with Crippen LogP contribution in [-0.4, -0.2) is 15.6 Å². The minimum atomic E-state index is -1.10. The molecule has 0 saturated heterocycles. The summed E-state index contributed by atoms with van der Waals surface area (Å²) in [6.07, 6.45) is 1.74. The van der Waals surface area contributed by atoms with Crippen LogP contribution in [0.1, 0.15) is 22.0 Å². The Labute approximate surface area is 91.1 Å². The number of hydrogen-bond donors (Lipinski definition) is 1. The number of carboxylic acid groups (broad SMARTS) is 1. The van der Waals surface area contributed by atoms with Crippen LogP contribution in [0.5, 0.6) is 0 Å². The molecule has 5 nitrogen and oxygen atoms in total. The molecule has 0 aliphatic heterocycles. The largest absolute Gasteiger partial charge is 0.475 e. The summed E-state index contributed by atoms with van der Waals surface area (Å²) in [6.45, 7) is 0.350. The van der Waals surface area contributed by atoms with Gasteiger partial charge in [-0.15, -0.1) is 0 Å². The van der Waals surface area contributed by atoms with E-state index in [2.05, 4.69) is 0 Å². The number of carboxylic acids is 1. The van der Waals surface area contributed by atoms with Crippen molar-refractivity contribution >= 4 is 5.97 Å². The predicted octanol–water partition coefficient (Wildman–Crippen LogP) is 1.70. The molecule has 0 fully saturated rings. The SMILES string of the molecule is N#Cc1cccn1Cc1ccc(C(=O)O)o1. The molecule has 2 rings (SSSR count). The van der Waals surface area contributed by atoms with Crippen LogP contribution in [0, 0.1) is 11.3 Å². The zero-order valence-corrected chi connectivity index (χ0v) is 8.25. The summed E-state index contributed by atoms with van der Waals surface area (Å²) in [6, 6.07) is 8.45. The van der Waals surface area contributed by atoms with Crippen LogP contribution in [0.4, 0.5) is 0 Å². The Morgan fingerprint density at radius 3 is 2.94 bits per heavy atom. The Kier molecular flexibility index (Phi) is 2.48.